The maximum absolute atomic E-state index is 13.6. The van der Waals surface area contributed by atoms with E-state index in [1.54, 1.807) is 10.7 Å². The van der Waals surface area contributed by atoms with Crippen LogP contribution in [0.25, 0.3) is 12.0 Å². The van der Waals surface area contributed by atoms with Gasteiger partial charge in [-0.1, -0.05) is 25.5 Å². The molecule has 4 heterocycles. The molecule has 1 aromatic carbocycles. The highest BCUT2D eigenvalue weighted by Crippen LogP contribution is 2.24. The molecule has 5 rings (SSSR count). The minimum Gasteiger partial charge on any atom is -0.389 e. The van der Waals surface area contributed by atoms with Gasteiger partial charge in [-0.3, -0.25) is 4.90 Å². The standard InChI is InChI=1S/C26H32F2N8O.ClH/c1-2-4-23-18(15-30-36(23)26-31-24(29)14-25(32-26)35-16-22(37)17-35)5-3-6-33-7-9-34(10-8-33)21-12-19(27)11-20(28)13-21;/h3,5,11-15,22,37H,2,4,6-10,16-17H2,1H3,(H2,29,31,32);1H/b5-3+;. The van der Waals surface area contributed by atoms with E-state index in [1.165, 1.54) is 12.1 Å². The van der Waals surface area contributed by atoms with Crippen molar-refractivity contribution in [3.8, 4) is 5.95 Å². The highest BCUT2D eigenvalue weighted by Gasteiger charge is 2.27. The Bertz CT molecular complexity index is 1250. The van der Waals surface area contributed by atoms with E-state index in [9.17, 15) is 13.9 Å². The van der Waals surface area contributed by atoms with Gasteiger partial charge in [0, 0.05) is 69.2 Å². The number of nitrogens with zero attached hydrogens (tertiary/aromatic N) is 7. The summed E-state index contributed by atoms with van der Waals surface area (Å²) >= 11 is 0. The Hall–Kier alpha value is -3.28. The molecule has 2 saturated heterocycles. The van der Waals surface area contributed by atoms with Gasteiger partial charge >= 0.3 is 0 Å². The fourth-order valence-electron chi connectivity index (χ4n) is 4.76. The minimum atomic E-state index is -0.553. The van der Waals surface area contributed by atoms with Gasteiger partial charge in [0.2, 0.25) is 0 Å². The smallest absolute Gasteiger partial charge is 0.254 e. The van der Waals surface area contributed by atoms with Gasteiger partial charge in [-0.15, -0.1) is 12.4 Å². The van der Waals surface area contributed by atoms with Crippen molar-refractivity contribution in [2.45, 2.75) is 25.9 Å². The molecule has 2 aliphatic rings. The van der Waals surface area contributed by atoms with E-state index in [2.05, 4.69) is 39.0 Å². The van der Waals surface area contributed by atoms with E-state index >= 15 is 0 Å². The molecule has 2 aliphatic heterocycles. The van der Waals surface area contributed by atoms with Crippen LogP contribution >= 0.6 is 12.4 Å². The van der Waals surface area contributed by atoms with Crippen molar-refractivity contribution >= 4 is 35.8 Å². The molecule has 2 aromatic heterocycles. The van der Waals surface area contributed by atoms with Gasteiger partial charge in [0.1, 0.15) is 23.3 Å². The van der Waals surface area contributed by atoms with Gasteiger partial charge in [-0.25, -0.2) is 13.5 Å². The maximum Gasteiger partial charge on any atom is 0.254 e. The molecule has 12 heteroatoms. The largest absolute Gasteiger partial charge is 0.389 e. The number of halogens is 3. The quantitative estimate of drug-likeness (QED) is 0.445. The zero-order valence-electron chi connectivity index (χ0n) is 21.3. The average Bonchev–Trinajstić information content (AvgIpc) is 3.24. The SMILES string of the molecule is CCCc1c(/C=C/CN2CCN(c3cc(F)cc(F)c3)CC2)cnn1-c1nc(N)cc(N2CC(O)C2)n1.Cl. The lowest BCUT2D eigenvalue weighted by Crippen LogP contribution is -2.51. The predicted molar refractivity (Wildman–Crippen MR) is 147 cm³/mol. The number of aliphatic hydroxyl groups is 1. The Kier molecular flexibility index (Phi) is 8.80. The van der Waals surface area contributed by atoms with E-state index < -0.39 is 11.6 Å². The lowest BCUT2D eigenvalue weighted by molar-refractivity contribution is 0.141. The van der Waals surface area contributed by atoms with Crippen molar-refractivity contribution < 1.29 is 13.9 Å². The molecule has 0 saturated carbocycles. The highest BCUT2D eigenvalue weighted by atomic mass is 35.5. The molecule has 38 heavy (non-hydrogen) atoms. The lowest BCUT2D eigenvalue weighted by Gasteiger charge is -2.36. The maximum atomic E-state index is 13.6. The van der Waals surface area contributed by atoms with Crippen molar-refractivity contribution in [3.63, 3.8) is 0 Å². The van der Waals surface area contributed by atoms with Crippen LogP contribution in [0.3, 0.4) is 0 Å². The van der Waals surface area contributed by atoms with Gasteiger partial charge in [0.05, 0.1) is 18.0 Å². The third-order valence-electron chi connectivity index (χ3n) is 6.73. The fourth-order valence-corrected chi connectivity index (χ4v) is 4.76. The predicted octanol–water partition coefficient (Wildman–Crippen LogP) is 2.91. The normalized spacial score (nSPS) is 16.6. The third kappa shape index (κ3) is 6.23. The summed E-state index contributed by atoms with van der Waals surface area (Å²) in [5, 5.41) is 14.2. The second kappa shape index (κ2) is 12.1. The first-order valence-electron chi connectivity index (χ1n) is 12.6. The molecule has 0 amide bonds. The zero-order valence-corrected chi connectivity index (χ0v) is 22.1. The van der Waals surface area contributed by atoms with Gasteiger partial charge in [-0.2, -0.15) is 15.1 Å². The number of nitrogens with two attached hydrogens (primary N) is 1. The molecule has 2 fully saturated rings. The Balaban J connectivity index is 0.00000336. The molecular weight excluding hydrogens is 514 g/mol. The first kappa shape index (κ1) is 27.7. The summed E-state index contributed by atoms with van der Waals surface area (Å²) in [4.78, 5) is 15.3. The van der Waals surface area contributed by atoms with Crippen molar-refractivity contribution in [1.82, 2.24) is 24.6 Å². The van der Waals surface area contributed by atoms with Crippen LogP contribution in [0.5, 0.6) is 0 Å². The van der Waals surface area contributed by atoms with Crippen LogP contribution in [-0.2, 0) is 6.42 Å². The first-order chi connectivity index (χ1) is 17.9. The topological polar surface area (TPSA) is 99.6 Å². The van der Waals surface area contributed by atoms with Gasteiger partial charge in [0.15, 0.2) is 0 Å². The van der Waals surface area contributed by atoms with Gasteiger partial charge < -0.3 is 20.6 Å². The number of aromatic nitrogens is 4. The number of anilines is 3. The van der Waals surface area contributed by atoms with Crippen molar-refractivity contribution in [2.75, 3.05) is 61.3 Å². The number of nitrogen functional groups attached to an aromatic ring is 1. The molecule has 3 aromatic rings. The van der Waals surface area contributed by atoms with Crippen LogP contribution in [-0.4, -0.2) is 81.7 Å². The Morgan fingerprint density at radius 3 is 2.39 bits per heavy atom. The summed E-state index contributed by atoms with van der Waals surface area (Å²) in [5.41, 5.74) is 8.66. The molecule has 0 radical (unpaired) electrons. The molecule has 0 atom stereocenters. The molecule has 3 N–H and O–H groups in total. The third-order valence-corrected chi connectivity index (χ3v) is 6.73. The summed E-state index contributed by atoms with van der Waals surface area (Å²) < 4.78 is 28.9. The van der Waals surface area contributed by atoms with E-state index in [0.29, 0.717) is 49.5 Å². The monoisotopic (exact) mass is 546 g/mol. The van der Waals surface area contributed by atoms with E-state index in [4.69, 9.17) is 5.73 Å². The van der Waals surface area contributed by atoms with Crippen LogP contribution in [0, 0.1) is 11.6 Å². The van der Waals surface area contributed by atoms with Crippen molar-refractivity contribution in [3.05, 3.63) is 59.4 Å². The molecule has 0 spiro atoms. The average molecular weight is 547 g/mol. The molecule has 0 aliphatic carbocycles. The van der Waals surface area contributed by atoms with Crippen LogP contribution in [0.4, 0.5) is 26.1 Å². The van der Waals surface area contributed by atoms with Crippen molar-refractivity contribution in [2.24, 2.45) is 0 Å². The number of β-amino-alcohol motifs (C(OH)–C–C–N with tert-alkyl or cyclic N) is 1. The number of hydrogen-bond donors (Lipinski definition) is 2. The summed E-state index contributed by atoms with van der Waals surface area (Å²) in [6.07, 6.45) is 7.40. The van der Waals surface area contributed by atoms with Gasteiger partial charge in [-0.05, 0) is 18.6 Å². The fraction of sp³-hybridized carbons (Fsp3) is 0.423. The molecule has 204 valence electrons. The van der Waals surface area contributed by atoms with Crippen LogP contribution in [0.1, 0.15) is 24.6 Å². The van der Waals surface area contributed by atoms with Gasteiger partial charge in [0.25, 0.3) is 5.95 Å². The van der Waals surface area contributed by atoms with E-state index in [0.717, 1.165) is 49.8 Å². The molecular formula is C26H33ClF2N8O. The second-order valence-electron chi connectivity index (χ2n) is 9.54. The number of hydrogen-bond acceptors (Lipinski definition) is 8. The van der Waals surface area contributed by atoms with E-state index in [-0.39, 0.29) is 18.5 Å². The second-order valence-corrected chi connectivity index (χ2v) is 9.54. The van der Waals surface area contributed by atoms with Crippen LogP contribution < -0.4 is 15.5 Å². The van der Waals surface area contributed by atoms with Crippen molar-refractivity contribution in [1.29, 1.82) is 0 Å². The van der Waals surface area contributed by atoms with Crippen LogP contribution in [0.15, 0.2) is 36.5 Å². The summed E-state index contributed by atoms with van der Waals surface area (Å²) in [5.74, 6) is 0.356. The number of rotatable bonds is 8. The zero-order chi connectivity index (χ0) is 25.9. The summed E-state index contributed by atoms with van der Waals surface area (Å²) in [7, 11) is 0. The van der Waals surface area contributed by atoms with Crippen LogP contribution in [0.2, 0.25) is 0 Å². The summed E-state index contributed by atoms with van der Waals surface area (Å²) in [6, 6.07) is 5.37. The number of piperazine rings is 1. The molecule has 0 bridgehead atoms. The van der Waals surface area contributed by atoms with E-state index in [1.807, 2.05) is 16.0 Å². The Morgan fingerprint density at radius 2 is 1.74 bits per heavy atom. The first-order valence-corrected chi connectivity index (χ1v) is 12.6. The summed E-state index contributed by atoms with van der Waals surface area (Å²) in [6.45, 7) is 6.94. The minimum absolute atomic E-state index is 0. The Labute approximate surface area is 227 Å². The molecule has 0 unspecified atom stereocenters. The number of aliphatic hydroxyl groups excluding tert-OH is 1. The Morgan fingerprint density at radius 1 is 1.03 bits per heavy atom. The lowest BCUT2D eigenvalue weighted by atomic mass is 10.1. The highest BCUT2D eigenvalue weighted by molar-refractivity contribution is 5.85. The molecule has 9 nitrogen and oxygen atoms in total. The number of benzene rings is 1.